The lowest BCUT2D eigenvalue weighted by Gasteiger charge is -1.98. The van der Waals surface area contributed by atoms with Gasteiger partial charge in [0.1, 0.15) is 6.42 Å². The minimum Gasteiger partial charge on any atom is -0.480 e. The highest BCUT2D eigenvalue weighted by molar-refractivity contribution is 5.69. The van der Waals surface area contributed by atoms with E-state index in [1.54, 1.807) is 0 Å². The molecule has 0 saturated carbocycles. The lowest BCUT2D eigenvalue weighted by molar-refractivity contribution is -0.135. The SMILES string of the molecule is N#CCC(=O)O.c1ccc(-c2ccccc2)cc1. The van der Waals surface area contributed by atoms with Crippen molar-refractivity contribution in [3.63, 3.8) is 0 Å². The molecule has 0 bridgehead atoms. The highest BCUT2D eigenvalue weighted by Crippen LogP contribution is 2.17. The van der Waals surface area contributed by atoms with Crippen LogP contribution in [0.4, 0.5) is 0 Å². The molecule has 90 valence electrons. The summed E-state index contributed by atoms with van der Waals surface area (Å²) >= 11 is 0. The van der Waals surface area contributed by atoms with Crippen LogP contribution in [-0.4, -0.2) is 11.1 Å². The monoisotopic (exact) mass is 239 g/mol. The maximum atomic E-state index is 9.38. The van der Waals surface area contributed by atoms with Crippen molar-refractivity contribution in [2.45, 2.75) is 6.42 Å². The molecule has 2 rings (SSSR count). The van der Waals surface area contributed by atoms with Gasteiger partial charge in [-0.05, 0) is 11.1 Å². The van der Waals surface area contributed by atoms with Crippen LogP contribution in [0, 0.1) is 11.3 Å². The first-order chi connectivity index (χ1) is 8.74. The van der Waals surface area contributed by atoms with Crippen LogP contribution in [0.5, 0.6) is 0 Å². The normalized spacial score (nSPS) is 8.61. The van der Waals surface area contributed by atoms with Crippen molar-refractivity contribution in [2.24, 2.45) is 0 Å². The van der Waals surface area contributed by atoms with Crippen LogP contribution in [0.2, 0.25) is 0 Å². The molecular weight excluding hydrogens is 226 g/mol. The first-order valence-corrected chi connectivity index (χ1v) is 5.43. The van der Waals surface area contributed by atoms with Gasteiger partial charge >= 0.3 is 5.97 Å². The van der Waals surface area contributed by atoms with E-state index in [-0.39, 0.29) is 0 Å². The van der Waals surface area contributed by atoms with Crippen LogP contribution >= 0.6 is 0 Å². The first-order valence-electron chi connectivity index (χ1n) is 5.43. The van der Waals surface area contributed by atoms with Crippen molar-refractivity contribution < 1.29 is 9.90 Å². The zero-order chi connectivity index (χ0) is 13.2. The Balaban J connectivity index is 0.000000232. The summed E-state index contributed by atoms with van der Waals surface area (Å²) in [6, 6.07) is 22.2. The molecule has 0 heterocycles. The van der Waals surface area contributed by atoms with E-state index in [0.717, 1.165) is 0 Å². The lowest BCUT2D eigenvalue weighted by Crippen LogP contribution is -1.88. The summed E-state index contributed by atoms with van der Waals surface area (Å²) < 4.78 is 0. The molecule has 2 aromatic carbocycles. The number of nitriles is 1. The molecule has 3 heteroatoms. The van der Waals surface area contributed by atoms with E-state index < -0.39 is 12.4 Å². The van der Waals surface area contributed by atoms with Crippen molar-refractivity contribution in [3.05, 3.63) is 60.7 Å². The largest absolute Gasteiger partial charge is 0.480 e. The van der Waals surface area contributed by atoms with E-state index in [9.17, 15) is 4.79 Å². The van der Waals surface area contributed by atoms with Crippen LogP contribution < -0.4 is 0 Å². The molecule has 0 fully saturated rings. The molecule has 0 aliphatic heterocycles. The number of hydrogen-bond donors (Lipinski definition) is 1. The second kappa shape index (κ2) is 7.64. The summed E-state index contributed by atoms with van der Waals surface area (Å²) in [5, 5.41) is 15.3. The molecule has 0 atom stereocenters. The Bertz CT molecular complexity index is 478. The number of rotatable bonds is 2. The third kappa shape index (κ3) is 4.95. The highest BCUT2D eigenvalue weighted by Gasteiger charge is 1.91. The molecule has 0 aliphatic carbocycles. The molecule has 0 radical (unpaired) electrons. The summed E-state index contributed by atoms with van der Waals surface area (Å²) in [5.41, 5.74) is 2.55. The molecule has 2 aromatic rings. The fourth-order valence-electron chi connectivity index (χ4n) is 1.33. The molecular formula is C15H13NO2. The second-order valence-electron chi connectivity index (χ2n) is 3.46. The summed E-state index contributed by atoms with van der Waals surface area (Å²) in [5.74, 6) is -1.07. The van der Waals surface area contributed by atoms with Crippen LogP contribution in [0.25, 0.3) is 11.1 Å². The van der Waals surface area contributed by atoms with Crippen LogP contribution in [0.15, 0.2) is 60.7 Å². The van der Waals surface area contributed by atoms with Crippen molar-refractivity contribution >= 4 is 5.97 Å². The molecule has 0 unspecified atom stereocenters. The van der Waals surface area contributed by atoms with Gasteiger partial charge in [-0.25, -0.2) is 0 Å². The van der Waals surface area contributed by atoms with Crippen LogP contribution in [-0.2, 0) is 4.79 Å². The average Bonchev–Trinajstić information content (AvgIpc) is 2.41. The predicted octanol–water partition coefficient (Wildman–Crippen LogP) is 3.34. The average molecular weight is 239 g/mol. The molecule has 0 saturated heterocycles. The van der Waals surface area contributed by atoms with Gasteiger partial charge in [0.25, 0.3) is 0 Å². The van der Waals surface area contributed by atoms with E-state index in [2.05, 4.69) is 48.5 Å². The number of carbonyl (C=O) groups is 1. The number of nitrogens with zero attached hydrogens (tertiary/aromatic N) is 1. The van der Waals surface area contributed by atoms with Gasteiger partial charge in [0.15, 0.2) is 0 Å². The van der Waals surface area contributed by atoms with Gasteiger partial charge in [-0.3, -0.25) is 4.79 Å². The molecule has 18 heavy (non-hydrogen) atoms. The molecule has 3 nitrogen and oxygen atoms in total. The van der Waals surface area contributed by atoms with Gasteiger partial charge in [0, 0.05) is 0 Å². The third-order valence-electron chi connectivity index (χ3n) is 2.11. The van der Waals surface area contributed by atoms with Gasteiger partial charge in [-0.2, -0.15) is 5.26 Å². The Morgan fingerprint density at radius 3 is 1.56 bits per heavy atom. The fourth-order valence-corrected chi connectivity index (χ4v) is 1.33. The zero-order valence-electron chi connectivity index (χ0n) is 9.78. The summed E-state index contributed by atoms with van der Waals surface area (Å²) in [7, 11) is 0. The van der Waals surface area contributed by atoms with Crippen LogP contribution in [0.1, 0.15) is 6.42 Å². The Kier molecular flexibility index (Phi) is 5.71. The standard InChI is InChI=1S/C12H10.C3H3NO2/c1-3-7-11(8-4-1)12-9-5-2-6-10-12;4-2-1-3(5)6/h1-10H;1H2,(H,5,6). The molecule has 0 spiro atoms. The minimum atomic E-state index is -1.07. The Morgan fingerprint density at radius 1 is 0.944 bits per heavy atom. The Labute approximate surface area is 106 Å². The minimum absolute atomic E-state index is 0.403. The fraction of sp³-hybridized carbons (Fsp3) is 0.0667. The van der Waals surface area contributed by atoms with Gasteiger partial charge < -0.3 is 5.11 Å². The van der Waals surface area contributed by atoms with E-state index >= 15 is 0 Å². The van der Waals surface area contributed by atoms with Crippen molar-refractivity contribution in [2.75, 3.05) is 0 Å². The van der Waals surface area contributed by atoms with Gasteiger partial charge in [0.05, 0.1) is 6.07 Å². The van der Waals surface area contributed by atoms with Crippen LogP contribution in [0.3, 0.4) is 0 Å². The summed E-state index contributed by atoms with van der Waals surface area (Å²) in [6.45, 7) is 0. The molecule has 0 amide bonds. The van der Waals surface area contributed by atoms with Gasteiger partial charge in [-0.1, -0.05) is 60.7 Å². The van der Waals surface area contributed by atoms with E-state index in [4.69, 9.17) is 10.4 Å². The van der Waals surface area contributed by atoms with E-state index in [0.29, 0.717) is 0 Å². The second-order valence-corrected chi connectivity index (χ2v) is 3.46. The number of aliphatic carboxylic acids is 1. The molecule has 1 N–H and O–H groups in total. The predicted molar refractivity (Wildman–Crippen MR) is 69.7 cm³/mol. The van der Waals surface area contributed by atoms with E-state index in [1.165, 1.54) is 17.2 Å². The Morgan fingerprint density at radius 2 is 1.33 bits per heavy atom. The maximum absolute atomic E-state index is 9.38. The number of carboxylic acid groups (broad SMARTS) is 1. The van der Waals surface area contributed by atoms with Gasteiger partial charge in [0.2, 0.25) is 0 Å². The first kappa shape index (κ1) is 13.5. The Hall–Kier alpha value is -2.60. The quantitative estimate of drug-likeness (QED) is 0.874. The van der Waals surface area contributed by atoms with Crippen molar-refractivity contribution in [3.8, 4) is 17.2 Å². The zero-order valence-corrected chi connectivity index (χ0v) is 9.78. The third-order valence-corrected chi connectivity index (χ3v) is 2.11. The van der Waals surface area contributed by atoms with E-state index in [1.807, 2.05) is 12.1 Å². The lowest BCUT2D eigenvalue weighted by atomic mass is 10.1. The topological polar surface area (TPSA) is 61.1 Å². The summed E-state index contributed by atoms with van der Waals surface area (Å²) in [4.78, 5) is 9.38. The highest BCUT2D eigenvalue weighted by atomic mass is 16.4. The number of benzene rings is 2. The maximum Gasteiger partial charge on any atom is 0.317 e. The molecule has 0 aliphatic rings. The summed E-state index contributed by atoms with van der Waals surface area (Å²) in [6.07, 6.45) is -0.403. The number of carboxylic acids is 1. The number of hydrogen-bond acceptors (Lipinski definition) is 2. The smallest absolute Gasteiger partial charge is 0.317 e. The molecule has 0 aromatic heterocycles. The van der Waals surface area contributed by atoms with Crippen molar-refractivity contribution in [1.29, 1.82) is 5.26 Å². The van der Waals surface area contributed by atoms with Crippen molar-refractivity contribution in [1.82, 2.24) is 0 Å². The van der Waals surface area contributed by atoms with Gasteiger partial charge in [-0.15, -0.1) is 0 Å².